The van der Waals surface area contributed by atoms with E-state index in [1.165, 1.54) is 11.3 Å². The molecule has 106 valence electrons. The quantitative estimate of drug-likeness (QED) is 0.774. The SMILES string of the molecule is NC(Cc1ccccc1)c1nc2c([nH]1)CCc1occc1-2. The van der Waals surface area contributed by atoms with Gasteiger partial charge in [-0.1, -0.05) is 30.3 Å². The molecule has 0 saturated carbocycles. The Balaban J connectivity index is 1.63. The topological polar surface area (TPSA) is 67.8 Å². The van der Waals surface area contributed by atoms with Gasteiger partial charge in [0.05, 0.1) is 18.0 Å². The van der Waals surface area contributed by atoms with Crippen LogP contribution in [0.4, 0.5) is 0 Å². The van der Waals surface area contributed by atoms with Gasteiger partial charge in [0.25, 0.3) is 0 Å². The molecule has 1 unspecified atom stereocenters. The summed E-state index contributed by atoms with van der Waals surface area (Å²) in [6.45, 7) is 0. The van der Waals surface area contributed by atoms with Crippen LogP contribution < -0.4 is 5.73 Å². The van der Waals surface area contributed by atoms with Crippen LogP contribution in [0.15, 0.2) is 47.1 Å². The first kappa shape index (κ1) is 12.4. The zero-order valence-corrected chi connectivity index (χ0v) is 11.7. The monoisotopic (exact) mass is 279 g/mol. The summed E-state index contributed by atoms with van der Waals surface area (Å²) in [7, 11) is 0. The van der Waals surface area contributed by atoms with Crippen molar-refractivity contribution < 1.29 is 4.42 Å². The lowest BCUT2D eigenvalue weighted by atomic mass is 10.00. The minimum atomic E-state index is -0.117. The van der Waals surface area contributed by atoms with E-state index in [9.17, 15) is 0 Å². The molecule has 1 atom stereocenters. The maximum atomic E-state index is 6.32. The van der Waals surface area contributed by atoms with Gasteiger partial charge >= 0.3 is 0 Å². The first-order valence-electron chi connectivity index (χ1n) is 7.26. The molecule has 0 radical (unpaired) electrons. The molecule has 3 N–H and O–H groups in total. The van der Waals surface area contributed by atoms with Crippen molar-refractivity contribution in [3.63, 3.8) is 0 Å². The van der Waals surface area contributed by atoms with Gasteiger partial charge < -0.3 is 15.1 Å². The number of aryl methyl sites for hydroxylation is 2. The number of fused-ring (bicyclic) bond motifs is 3. The lowest BCUT2D eigenvalue weighted by Gasteiger charge is -2.08. The highest BCUT2D eigenvalue weighted by molar-refractivity contribution is 5.66. The van der Waals surface area contributed by atoms with E-state index in [4.69, 9.17) is 15.1 Å². The van der Waals surface area contributed by atoms with Gasteiger partial charge in [-0.05, 0) is 24.5 Å². The van der Waals surface area contributed by atoms with Crippen molar-refractivity contribution in [3.05, 3.63) is 65.5 Å². The van der Waals surface area contributed by atoms with E-state index >= 15 is 0 Å². The van der Waals surface area contributed by atoms with Crippen LogP contribution in [-0.4, -0.2) is 9.97 Å². The maximum Gasteiger partial charge on any atom is 0.124 e. The molecule has 0 spiro atoms. The summed E-state index contributed by atoms with van der Waals surface area (Å²) in [5.41, 5.74) is 10.8. The van der Waals surface area contributed by atoms with Crippen LogP contribution in [0.5, 0.6) is 0 Å². The normalized spacial score (nSPS) is 14.5. The number of hydrogen-bond acceptors (Lipinski definition) is 3. The van der Waals surface area contributed by atoms with E-state index in [2.05, 4.69) is 17.1 Å². The second kappa shape index (κ2) is 4.90. The summed E-state index contributed by atoms with van der Waals surface area (Å²) in [5, 5.41) is 0. The van der Waals surface area contributed by atoms with Gasteiger partial charge in [0, 0.05) is 17.7 Å². The molecule has 4 rings (SSSR count). The van der Waals surface area contributed by atoms with Gasteiger partial charge in [-0.15, -0.1) is 0 Å². The molecule has 21 heavy (non-hydrogen) atoms. The minimum Gasteiger partial charge on any atom is -0.469 e. The van der Waals surface area contributed by atoms with Crippen molar-refractivity contribution in [2.24, 2.45) is 5.73 Å². The van der Waals surface area contributed by atoms with Crippen LogP contribution in [0.2, 0.25) is 0 Å². The van der Waals surface area contributed by atoms with Crippen molar-refractivity contribution in [2.75, 3.05) is 0 Å². The van der Waals surface area contributed by atoms with Crippen LogP contribution in [-0.2, 0) is 19.3 Å². The van der Waals surface area contributed by atoms with E-state index in [-0.39, 0.29) is 6.04 Å². The average Bonchev–Trinajstić information content (AvgIpc) is 3.14. The molecule has 1 aliphatic rings. The molecule has 4 heteroatoms. The molecule has 4 nitrogen and oxygen atoms in total. The number of aromatic nitrogens is 2. The number of nitrogens with one attached hydrogen (secondary N) is 1. The molecule has 0 fully saturated rings. The van der Waals surface area contributed by atoms with E-state index in [0.29, 0.717) is 0 Å². The Kier molecular flexibility index (Phi) is 2.89. The van der Waals surface area contributed by atoms with Crippen molar-refractivity contribution in [2.45, 2.75) is 25.3 Å². The summed E-state index contributed by atoms with van der Waals surface area (Å²) in [4.78, 5) is 8.13. The highest BCUT2D eigenvalue weighted by Crippen LogP contribution is 2.33. The number of rotatable bonds is 3. The molecule has 0 bridgehead atoms. The van der Waals surface area contributed by atoms with Crippen LogP contribution >= 0.6 is 0 Å². The highest BCUT2D eigenvalue weighted by atomic mass is 16.3. The summed E-state index contributed by atoms with van der Waals surface area (Å²) in [6.07, 6.45) is 4.37. The minimum absolute atomic E-state index is 0.117. The number of hydrogen-bond donors (Lipinski definition) is 2. The molecule has 1 aromatic carbocycles. The van der Waals surface area contributed by atoms with Crippen molar-refractivity contribution in [1.82, 2.24) is 9.97 Å². The third-order valence-electron chi connectivity index (χ3n) is 4.05. The molecule has 1 aliphatic carbocycles. The molecular formula is C17H17N3O. The molecule has 2 aromatic heterocycles. The molecule has 0 aliphatic heterocycles. The third-order valence-corrected chi connectivity index (χ3v) is 4.05. The first-order chi connectivity index (χ1) is 10.3. The smallest absolute Gasteiger partial charge is 0.124 e. The lowest BCUT2D eigenvalue weighted by Crippen LogP contribution is -2.15. The first-order valence-corrected chi connectivity index (χ1v) is 7.26. The Morgan fingerprint density at radius 3 is 2.90 bits per heavy atom. The van der Waals surface area contributed by atoms with Gasteiger partial charge in [-0.25, -0.2) is 4.98 Å². The van der Waals surface area contributed by atoms with Crippen LogP contribution in [0.3, 0.4) is 0 Å². The Bertz CT molecular complexity index is 757. The summed E-state index contributed by atoms with van der Waals surface area (Å²) >= 11 is 0. The Hall–Kier alpha value is -2.33. The molecule has 0 amide bonds. The second-order valence-electron chi connectivity index (χ2n) is 5.50. The standard InChI is InChI=1S/C17H17N3O/c18-13(10-11-4-2-1-3-5-11)17-19-14-6-7-15-12(8-9-21-15)16(14)20-17/h1-5,8-9,13H,6-7,10,18H2,(H,19,20). The fourth-order valence-electron chi connectivity index (χ4n) is 2.96. The molecular weight excluding hydrogens is 262 g/mol. The van der Waals surface area contributed by atoms with Gasteiger partial charge in [0.15, 0.2) is 0 Å². The Morgan fingerprint density at radius 1 is 1.19 bits per heavy atom. The predicted octanol–water partition coefficient (Wildman–Crippen LogP) is 3.01. The van der Waals surface area contributed by atoms with Gasteiger partial charge in [0.2, 0.25) is 0 Å². The molecule has 2 heterocycles. The fraction of sp³-hybridized carbons (Fsp3) is 0.235. The summed E-state index contributed by atoms with van der Waals surface area (Å²) in [6, 6.07) is 12.1. The van der Waals surface area contributed by atoms with Crippen LogP contribution in [0, 0.1) is 0 Å². The number of imidazole rings is 1. The van der Waals surface area contributed by atoms with Gasteiger partial charge in [-0.2, -0.15) is 0 Å². The zero-order chi connectivity index (χ0) is 14.2. The van der Waals surface area contributed by atoms with E-state index in [1.54, 1.807) is 6.26 Å². The maximum absolute atomic E-state index is 6.32. The lowest BCUT2D eigenvalue weighted by molar-refractivity contribution is 0.506. The summed E-state index contributed by atoms with van der Waals surface area (Å²) in [5.74, 6) is 1.88. The number of nitrogens with two attached hydrogens (primary N) is 1. The van der Waals surface area contributed by atoms with Gasteiger partial charge in [0.1, 0.15) is 11.6 Å². The van der Waals surface area contributed by atoms with Crippen LogP contribution in [0.25, 0.3) is 11.3 Å². The second-order valence-corrected chi connectivity index (χ2v) is 5.50. The number of benzene rings is 1. The number of aromatic amines is 1. The highest BCUT2D eigenvalue weighted by Gasteiger charge is 2.24. The molecule has 0 saturated heterocycles. The number of nitrogens with zero attached hydrogens (tertiary/aromatic N) is 1. The summed E-state index contributed by atoms with van der Waals surface area (Å²) < 4.78 is 5.49. The van der Waals surface area contributed by atoms with Crippen molar-refractivity contribution >= 4 is 0 Å². The van der Waals surface area contributed by atoms with Crippen molar-refractivity contribution in [1.29, 1.82) is 0 Å². The Labute approximate surface area is 123 Å². The number of H-pyrrole nitrogens is 1. The van der Waals surface area contributed by atoms with E-state index in [0.717, 1.165) is 42.1 Å². The largest absolute Gasteiger partial charge is 0.469 e. The number of furan rings is 1. The molecule has 3 aromatic rings. The Morgan fingerprint density at radius 2 is 2.05 bits per heavy atom. The fourth-order valence-corrected chi connectivity index (χ4v) is 2.96. The predicted molar refractivity (Wildman–Crippen MR) is 80.8 cm³/mol. The van der Waals surface area contributed by atoms with E-state index < -0.39 is 0 Å². The third kappa shape index (κ3) is 2.17. The van der Waals surface area contributed by atoms with Crippen LogP contribution in [0.1, 0.15) is 28.9 Å². The zero-order valence-electron chi connectivity index (χ0n) is 11.7. The van der Waals surface area contributed by atoms with Crippen molar-refractivity contribution in [3.8, 4) is 11.3 Å². The van der Waals surface area contributed by atoms with Gasteiger partial charge in [-0.3, -0.25) is 0 Å². The van der Waals surface area contributed by atoms with E-state index in [1.807, 2.05) is 24.3 Å². The average molecular weight is 279 g/mol.